The number of ether oxygens (including phenoxy) is 1. The molecule has 2 aromatic carbocycles. The normalized spacial score (nSPS) is 35.0. The largest absolute Gasteiger partial charge is 0.356 e. The second-order valence-electron chi connectivity index (χ2n) is 8.39. The van der Waals surface area contributed by atoms with Crippen molar-refractivity contribution in [3.63, 3.8) is 0 Å². The van der Waals surface area contributed by atoms with Gasteiger partial charge in [-0.15, -0.1) is 0 Å². The summed E-state index contributed by atoms with van der Waals surface area (Å²) in [6, 6.07) is 9.58. The summed E-state index contributed by atoms with van der Waals surface area (Å²) in [5, 5.41) is 0. The van der Waals surface area contributed by atoms with E-state index in [1.807, 2.05) is 0 Å². The van der Waals surface area contributed by atoms with Crippen LogP contribution in [0.2, 0.25) is 0 Å². The smallest absolute Gasteiger partial charge is 0.127 e. The minimum Gasteiger partial charge on any atom is -0.356 e. The first-order chi connectivity index (χ1) is 12.0. The first-order valence-corrected chi connectivity index (χ1v) is 9.28. The Kier molecular flexibility index (Phi) is 2.25. The average molecular weight is 326 g/mol. The van der Waals surface area contributed by atoms with E-state index in [9.17, 15) is 0 Å². The van der Waals surface area contributed by atoms with Crippen LogP contribution in [0.25, 0.3) is 0 Å². The van der Waals surface area contributed by atoms with Crippen LogP contribution in [0.4, 0.5) is 0 Å². The number of allylic oxidation sites excluding steroid dienone is 2. The Balaban J connectivity index is 1.71. The molecule has 124 valence electrons. The van der Waals surface area contributed by atoms with E-state index in [4.69, 9.17) is 4.74 Å². The lowest BCUT2D eigenvalue weighted by molar-refractivity contribution is -0.00318. The highest BCUT2D eigenvalue weighted by atomic mass is 16.5. The molecule has 0 saturated carbocycles. The molecule has 0 radical (unpaired) electrons. The summed E-state index contributed by atoms with van der Waals surface area (Å²) in [5.41, 5.74) is 10.9. The summed E-state index contributed by atoms with van der Waals surface area (Å²) < 4.78 is 6.85. The van der Waals surface area contributed by atoms with Crippen molar-refractivity contribution in [1.82, 2.24) is 0 Å². The molecule has 6 rings (SSSR count). The maximum absolute atomic E-state index is 6.85. The Hall–Kier alpha value is -2.12. The van der Waals surface area contributed by atoms with E-state index in [-0.39, 0.29) is 17.1 Å². The number of aryl methyl sites for hydroxylation is 4. The van der Waals surface area contributed by atoms with E-state index >= 15 is 0 Å². The molecular formula is C24H22O. The van der Waals surface area contributed by atoms with Gasteiger partial charge in [0.25, 0.3) is 0 Å². The van der Waals surface area contributed by atoms with E-state index in [0.29, 0.717) is 5.92 Å². The summed E-state index contributed by atoms with van der Waals surface area (Å²) in [6.45, 7) is 8.88. The summed E-state index contributed by atoms with van der Waals surface area (Å²) in [5.74, 6) is 0.442. The highest BCUT2D eigenvalue weighted by Crippen LogP contribution is 2.78. The first kappa shape index (κ1) is 14.1. The molecule has 2 aliphatic heterocycles. The van der Waals surface area contributed by atoms with Gasteiger partial charge in [-0.05, 0) is 78.3 Å². The third kappa shape index (κ3) is 1.26. The molecule has 2 spiro atoms. The fraction of sp³-hybridized carbons (Fsp3) is 0.333. The van der Waals surface area contributed by atoms with Crippen LogP contribution in [0.15, 0.2) is 48.6 Å². The van der Waals surface area contributed by atoms with Crippen LogP contribution in [-0.2, 0) is 15.8 Å². The Morgan fingerprint density at radius 2 is 1.32 bits per heavy atom. The van der Waals surface area contributed by atoms with Gasteiger partial charge in [-0.3, -0.25) is 0 Å². The molecule has 1 fully saturated rings. The summed E-state index contributed by atoms with van der Waals surface area (Å²) in [7, 11) is 0. The van der Waals surface area contributed by atoms with Crippen molar-refractivity contribution in [2.24, 2.45) is 0 Å². The molecule has 0 unspecified atom stereocenters. The standard InChI is InChI=1S/C24H22O/c1-13-9-17-19(11-15(13)3)23-7-5-6-8-24(23)20-12-16(4)14(2)10-18(20)22(25-24)21(17)23/h5-12,21-22H,1-4H3/t21-,22-,23-,24+/m1/s1. The number of hydrogen-bond donors (Lipinski definition) is 0. The molecular weight excluding hydrogens is 304 g/mol. The van der Waals surface area contributed by atoms with Crippen LogP contribution in [0.3, 0.4) is 0 Å². The fourth-order valence-corrected chi connectivity index (χ4v) is 5.90. The SMILES string of the molecule is Cc1cc2c(cc1C)[C@@]13C=CC=C[C@]14c1cc(C)c(C)cc1[C@@H]4[C@@H]2O3. The summed E-state index contributed by atoms with van der Waals surface area (Å²) in [6.07, 6.45) is 9.32. The topological polar surface area (TPSA) is 9.23 Å². The molecule has 2 aliphatic carbocycles. The molecule has 4 aliphatic rings. The van der Waals surface area contributed by atoms with Crippen LogP contribution in [-0.4, -0.2) is 0 Å². The molecule has 25 heavy (non-hydrogen) atoms. The quantitative estimate of drug-likeness (QED) is 0.633. The predicted molar refractivity (Wildman–Crippen MR) is 100 cm³/mol. The minimum absolute atomic E-state index is 0.0189. The van der Waals surface area contributed by atoms with Gasteiger partial charge in [-0.25, -0.2) is 0 Å². The number of rotatable bonds is 0. The lowest BCUT2D eigenvalue weighted by Crippen LogP contribution is -2.55. The van der Waals surface area contributed by atoms with Crippen molar-refractivity contribution in [3.05, 3.63) is 93.1 Å². The lowest BCUT2D eigenvalue weighted by Gasteiger charge is -2.55. The highest BCUT2D eigenvalue weighted by Gasteiger charge is 2.75. The Labute approximate surface area is 149 Å². The van der Waals surface area contributed by atoms with E-state index < -0.39 is 0 Å². The van der Waals surface area contributed by atoms with Gasteiger partial charge in [0.2, 0.25) is 0 Å². The molecule has 2 bridgehead atoms. The maximum atomic E-state index is 6.85. The van der Waals surface area contributed by atoms with Crippen LogP contribution in [0, 0.1) is 27.7 Å². The number of fused-ring (bicyclic) bond motifs is 6. The Morgan fingerprint density at radius 1 is 0.720 bits per heavy atom. The first-order valence-electron chi connectivity index (χ1n) is 9.28. The molecule has 2 aromatic rings. The third-order valence-electron chi connectivity index (χ3n) is 7.34. The molecule has 1 saturated heterocycles. The Morgan fingerprint density at radius 3 is 2.08 bits per heavy atom. The molecule has 4 atom stereocenters. The van der Waals surface area contributed by atoms with Gasteiger partial charge in [-0.1, -0.05) is 42.5 Å². The van der Waals surface area contributed by atoms with Gasteiger partial charge in [0, 0.05) is 5.92 Å². The van der Waals surface area contributed by atoms with E-state index in [1.165, 1.54) is 44.5 Å². The lowest BCUT2D eigenvalue weighted by atomic mass is 9.44. The van der Waals surface area contributed by atoms with Crippen LogP contribution in [0.5, 0.6) is 0 Å². The monoisotopic (exact) mass is 326 g/mol. The van der Waals surface area contributed by atoms with E-state index in [0.717, 1.165) is 0 Å². The van der Waals surface area contributed by atoms with Gasteiger partial charge in [0.1, 0.15) is 5.60 Å². The second-order valence-corrected chi connectivity index (χ2v) is 8.39. The van der Waals surface area contributed by atoms with Gasteiger partial charge in [-0.2, -0.15) is 0 Å². The number of hydrogen-bond acceptors (Lipinski definition) is 1. The van der Waals surface area contributed by atoms with Crippen molar-refractivity contribution in [2.75, 3.05) is 0 Å². The highest BCUT2D eigenvalue weighted by molar-refractivity contribution is 5.70. The Bertz CT molecular complexity index is 1030. The summed E-state index contributed by atoms with van der Waals surface area (Å²) >= 11 is 0. The zero-order valence-corrected chi connectivity index (χ0v) is 15.2. The van der Waals surface area contributed by atoms with Crippen LogP contribution < -0.4 is 0 Å². The molecule has 0 N–H and O–H groups in total. The van der Waals surface area contributed by atoms with Gasteiger partial charge >= 0.3 is 0 Å². The van der Waals surface area contributed by atoms with Crippen molar-refractivity contribution >= 4 is 0 Å². The summed E-state index contributed by atoms with van der Waals surface area (Å²) in [4.78, 5) is 0. The zero-order valence-electron chi connectivity index (χ0n) is 15.2. The van der Waals surface area contributed by atoms with Crippen molar-refractivity contribution < 1.29 is 4.74 Å². The van der Waals surface area contributed by atoms with Crippen molar-refractivity contribution in [2.45, 2.75) is 50.7 Å². The second kappa shape index (κ2) is 3.99. The van der Waals surface area contributed by atoms with Crippen LogP contribution in [0.1, 0.15) is 56.5 Å². The molecule has 1 heteroatoms. The third-order valence-corrected chi connectivity index (χ3v) is 7.34. The fourth-order valence-electron chi connectivity index (χ4n) is 5.90. The predicted octanol–water partition coefficient (Wildman–Crippen LogP) is 5.36. The molecule has 1 nitrogen and oxygen atoms in total. The van der Waals surface area contributed by atoms with Crippen molar-refractivity contribution in [3.8, 4) is 0 Å². The van der Waals surface area contributed by atoms with E-state index in [2.05, 4.69) is 76.3 Å². The minimum atomic E-state index is -0.320. The number of benzene rings is 2. The average Bonchev–Trinajstić information content (AvgIpc) is 3.02. The molecule has 2 heterocycles. The maximum Gasteiger partial charge on any atom is 0.127 e. The van der Waals surface area contributed by atoms with Gasteiger partial charge in [0.15, 0.2) is 0 Å². The van der Waals surface area contributed by atoms with E-state index in [1.54, 1.807) is 0 Å². The molecule has 0 aromatic heterocycles. The molecule has 0 amide bonds. The van der Waals surface area contributed by atoms with Gasteiger partial charge in [0.05, 0.1) is 11.5 Å². The zero-order chi connectivity index (χ0) is 17.1. The van der Waals surface area contributed by atoms with Crippen LogP contribution >= 0.6 is 0 Å². The van der Waals surface area contributed by atoms with Crippen molar-refractivity contribution in [1.29, 1.82) is 0 Å². The van der Waals surface area contributed by atoms with Gasteiger partial charge < -0.3 is 4.74 Å².